The van der Waals surface area contributed by atoms with Gasteiger partial charge in [-0.15, -0.1) is 0 Å². The first-order valence-corrected chi connectivity index (χ1v) is 22.3. The molecule has 58 heavy (non-hydrogen) atoms. The minimum absolute atomic E-state index is 0.00679. The number of sulfonamides is 1. The molecule has 2 N–H and O–H groups in total. The van der Waals surface area contributed by atoms with Crippen LogP contribution >= 0.6 is 0 Å². The molecule has 2 aliphatic carbocycles. The fourth-order valence-corrected chi connectivity index (χ4v) is 10.1. The summed E-state index contributed by atoms with van der Waals surface area (Å²) in [6, 6.07) is 3.22. The topological polar surface area (TPSA) is 174 Å². The van der Waals surface area contributed by atoms with Gasteiger partial charge in [-0.3, -0.25) is 19.1 Å². The van der Waals surface area contributed by atoms with Crippen LogP contribution in [0.3, 0.4) is 0 Å². The number of nitrogens with zero attached hydrogens (tertiary/aromatic N) is 3. The van der Waals surface area contributed by atoms with E-state index in [0.717, 1.165) is 24.8 Å². The van der Waals surface area contributed by atoms with E-state index < -0.39 is 44.3 Å². The molecule has 316 valence electrons. The van der Waals surface area contributed by atoms with Crippen molar-refractivity contribution in [2.45, 2.75) is 135 Å². The van der Waals surface area contributed by atoms with Gasteiger partial charge in [0.15, 0.2) is 5.78 Å². The first-order chi connectivity index (χ1) is 27.3. The Balaban J connectivity index is 1.22. The molecule has 4 heterocycles. The van der Waals surface area contributed by atoms with E-state index in [1.54, 1.807) is 25.0 Å². The Morgan fingerprint density at radius 1 is 1.03 bits per heavy atom. The molecule has 0 bridgehead atoms. The van der Waals surface area contributed by atoms with E-state index in [1.807, 2.05) is 45.1 Å². The van der Waals surface area contributed by atoms with Crippen molar-refractivity contribution in [3.63, 3.8) is 0 Å². The molecule has 0 radical (unpaired) electrons. The third-order valence-corrected chi connectivity index (χ3v) is 14.8. The predicted octanol–water partition coefficient (Wildman–Crippen LogP) is 5.59. The lowest BCUT2D eigenvalue weighted by Gasteiger charge is -2.46. The van der Waals surface area contributed by atoms with Gasteiger partial charge in [0.2, 0.25) is 27.7 Å². The number of allylic oxidation sites excluding steroid dienone is 2. The highest BCUT2D eigenvalue weighted by Crippen LogP contribution is 2.57. The largest absolute Gasteiger partial charge is 0.496 e. The van der Waals surface area contributed by atoms with Crippen LogP contribution in [0.5, 0.6) is 17.4 Å². The van der Waals surface area contributed by atoms with Gasteiger partial charge in [0.25, 0.3) is 0 Å². The number of rotatable bonds is 9. The summed E-state index contributed by atoms with van der Waals surface area (Å²) in [5.41, 5.74) is 0.147. The van der Waals surface area contributed by atoms with Crippen molar-refractivity contribution in [2.24, 2.45) is 16.7 Å². The van der Waals surface area contributed by atoms with Crippen molar-refractivity contribution in [3.05, 3.63) is 35.9 Å². The van der Waals surface area contributed by atoms with Gasteiger partial charge in [0.1, 0.15) is 23.6 Å². The van der Waals surface area contributed by atoms with E-state index in [0.29, 0.717) is 73.5 Å². The van der Waals surface area contributed by atoms with Gasteiger partial charge in [-0.05, 0) is 84.3 Å². The Morgan fingerprint density at radius 2 is 1.78 bits per heavy atom. The third-order valence-electron chi connectivity index (χ3n) is 12.7. The number of carbonyl (C=O) groups is 4. The minimum atomic E-state index is -3.95. The van der Waals surface area contributed by atoms with Crippen molar-refractivity contribution in [1.29, 1.82) is 0 Å². The number of fused-ring (bicyclic) bond motifs is 3. The lowest BCUT2D eigenvalue weighted by Crippen LogP contribution is -2.61. The first-order valence-electron chi connectivity index (χ1n) is 20.8. The van der Waals surface area contributed by atoms with Crippen LogP contribution in [0.25, 0.3) is 10.9 Å². The summed E-state index contributed by atoms with van der Waals surface area (Å²) in [6.07, 6.45) is 7.71. The summed E-state index contributed by atoms with van der Waals surface area (Å²) >= 11 is 0. The minimum Gasteiger partial charge on any atom is -0.496 e. The van der Waals surface area contributed by atoms with Crippen LogP contribution in [0.1, 0.15) is 104 Å². The van der Waals surface area contributed by atoms with Gasteiger partial charge in [0.05, 0.1) is 41.5 Å². The Hall–Kier alpha value is -4.40. The van der Waals surface area contributed by atoms with Crippen molar-refractivity contribution in [3.8, 4) is 17.4 Å². The van der Waals surface area contributed by atoms with Gasteiger partial charge in [-0.25, -0.2) is 18.2 Å². The van der Waals surface area contributed by atoms with Crippen LogP contribution in [-0.4, -0.2) is 103 Å². The summed E-state index contributed by atoms with van der Waals surface area (Å²) < 4.78 is 46.2. The maximum atomic E-state index is 14.8. The standard InChI is InChI=1S/C43H59N5O9S/c1-26(2)56-36-20-35(30-15-16-34(55-7)27(3)37(30)45-36)57-29-19-32-33(49)22-43(39(51)46-58(53,54)42(6)17-18-42)21-28(43)13-11-9-8-10-12-14-31(38(50)48(32)23-29)44-40(52)47-24-41(4,5)25-47/h11,13,15-16,20,26,28-29,31-32H,8-10,12,14,17-19,21-25H2,1-7H3,(H,44,52)(H,46,51)/b13-11-/t28-,29+,31-,32-,43+/m0/s1. The van der Waals surface area contributed by atoms with E-state index >= 15 is 0 Å². The molecule has 2 saturated carbocycles. The quantitative estimate of drug-likeness (QED) is 0.304. The average molecular weight is 822 g/mol. The molecule has 7 rings (SSSR count). The highest BCUT2D eigenvalue weighted by molar-refractivity contribution is 7.91. The van der Waals surface area contributed by atoms with Gasteiger partial charge >= 0.3 is 6.03 Å². The number of amides is 4. The van der Waals surface area contributed by atoms with Gasteiger partial charge in [-0.1, -0.05) is 38.8 Å². The molecule has 1 aromatic heterocycles. The summed E-state index contributed by atoms with van der Waals surface area (Å²) in [6.45, 7) is 12.7. The summed E-state index contributed by atoms with van der Waals surface area (Å²) in [5.74, 6) is -0.273. The normalized spacial score (nSPS) is 28.6. The second-order valence-electron chi connectivity index (χ2n) is 18.5. The van der Waals surface area contributed by atoms with E-state index in [9.17, 15) is 27.6 Å². The Bertz CT molecular complexity index is 2110. The number of likely N-dealkylation sites (tertiary alicyclic amines) is 1. The SMILES string of the molecule is COc1ccc2c(O[C@@H]3C[C@H]4C(=O)C[C@]5(C(=O)NS(=O)(=O)C6(C)CC6)C[C@@H]5/C=C\CCCCC[C@H](NC(=O)N5CC(C)(C)C5)C(=O)N4C3)cc(OC(C)C)nc2c1C. The third kappa shape index (κ3) is 8.37. The number of nitrogens with one attached hydrogen (secondary N) is 2. The predicted molar refractivity (Wildman–Crippen MR) is 218 cm³/mol. The van der Waals surface area contributed by atoms with Gasteiger partial charge in [0, 0.05) is 48.4 Å². The molecule has 15 heteroatoms. The second-order valence-corrected chi connectivity index (χ2v) is 20.7. The summed E-state index contributed by atoms with van der Waals surface area (Å²) in [7, 11) is -2.36. The number of aromatic nitrogens is 1. The smallest absolute Gasteiger partial charge is 0.318 e. The monoisotopic (exact) mass is 821 g/mol. The van der Waals surface area contributed by atoms with Crippen molar-refractivity contribution < 1.29 is 41.8 Å². The Labute approximate surface area is 341 Å². The Kier molecular flexibility index (Phi) is 11.3. The number of ketones is 1. The van der Waals surface area contributed by atoms with E-state index in [1.165, 1.54) is 4.90 Å². The van der Waals surface area contributed by atoms with Crippen LogP contribution in [-0.2, 0) is 24.4 Å². The van der Waals surface area contributed by atoms with Crippen LogP contribution in [0.4, 0.5) is 4.79 Å². The molecule has 14 nitrogen and oxygen atoms in total. The maximum Gasteiger partial charge on any atom is 0.318 e. The molecule has 0 unspecified atom stereocenters. The molecule has 4 fully saturated rings. The average Bonchev–Trinajstić information content (AvgIpc) is 4.02. The molecular formula is C43H59N5O9S. The lowest BCUT2D eigenvalue weighted by atomic mass is 9.85. The zero-order valence-electron chi connectivity index (χ0n) is 34.9. The van der Waals surface area contributed by atoms with Crippen molar-refractivity contribution >= 4 is 44.6 Å². The second kappa shape index (κ2) is 15.6. The molecule has 5 aliphatic rings. The Morgan fingerprint density at radius 3 is 2.45 bits per heavy atom. The number of hydrogen-bond acceptors (Lipinski definition) is 10. The van der Waals surface area contributed by atoms with Crippen molar-refractivity contribution in [2.75, 3.05) is 26.7 Å². The van der Waals surface area contributed by atoms with Crippen LogP contribution in [0.15, 0.2) is 30.4 Å². The highest BCUT2D eigenvalue weighted by atomic mass is 32.2. The molecule has 3 aliphatic heterocycles. The number of ether oxygens (including phenoxy) is 3. The van der Waals surface area contributed by atoms with E-state index in [4.69, 9.17) is 19.2 Å². The number of pyridine rings is 1. The number of aryl methyl sites for hydroxylation is 1. The molecule has 5 atom stereocenters. The lowest BCUT2D eigenvalue weighted by molar-refractivity contribution is -0.140. The number of methoxy groups -OCH3 is 1. The molecule has 1 aromatic carbocycles. The van der Waals surface area contributed by atoms with E-state index in [2.05, 4.69) is 23.9 Å². The number of benzene rings is 1. The number of hydrogen-bond donors (Lipinski definition) is 2. The van der Waals surface area contributed by atoms with Crippen LogP contribution < -0.4 is 24.2 Å². The first kappa shape index (κ1) is 41.7. The molecule has 0 spiro atoms. The number of urea groups is 1. The number of Topliss-reactive ketones (excluding diaryl/α,β-unsaturated/α-hetero) is 1. The van der Waals surface area contributed by atoms with Crippen LogP contribution in [0.2, 0.25) is 0 Å². The van der Waals surface area contributed by atoms with Gasteiger partial charge < -0.3 is 29.3 Å². The molecule has 2 aromatic rings. The van der Waals surface area contributed by atoms with E-state index in [-0.39, 0.29) is 54.5 Å². The van der Waals surface area contributed by atoms with Crippen molar-refractivity contribution in [1.82, 2.24) is 24.8 Å². The maximum absolute atomic E-state index is 14.8. The number of carbonyl (C=O) groups excluding carboxylic acids is 4. The van der Waals surface area contributed by atoms with Crippen LogP contribution in [0, 0.1) is 23.7 Å². The fraction of sp³-hybridized carbons (Fsp3) is 0.651. The molecule has 2 saturated heterocycles. The molecular weight excluding hydrogens is 763 g/mol. The summed E-state index contributed by atoms with van der Waals surface area (Å²) in [5, 5.41) is 3.71. The highest BCUT2D eigenvalue weighted by Gasteiger charge is 2.62. The molecule has 4 amide bonds. The fourth-order valence-electron chi connectivity index (χ4n) is 8.82. The zero-order chi connectivity index (χ0) is 41.8. The van der Waals surface area contributed by atoms with Gasteiger partial charge in [-0.2, -0.15) is 0 Å². The zero-order valence-corrected chi connectivity index (χ0v) is 35.7. The summed E-state index contributed by atoms with van der Waals surface area (Å²) in [4.78, 5) is 65.0.